The molecule has 0 aliphatic rings. The standard InChI is InChI=1S/C13H24N2S/c1-3-5-7-12(6-4-2)8-14-9-13-10-16-11-15-13/h10-12,14H,3-9H2,1-2H3. The number of aromatic nitrogens is 1. The van der Waals surface area contributed by atoms with Gasteiger partial charge in [0.25, 0.3) is 0 Å². The summed E-state index contributed by atoms with van der Waals surface area (Å²) in [5, 5.41) is 5.64. The van der Waals surface area contributed by atoms with Crippen LogP contribution in [0.2, 0.25) is 0 Å². The Kier molecular flexibility index (Phi) is 7.43. The van der Waals surface area contributed by atoms with Crippen LogP contribution in [-0.4, -0.2) is 11.5 Å². The zero-order chi connectivity index (χ0) is 11.6. The molecule has 1 N–H and O–H groups in total. The summed E-state index contributed by atoms with van der Waals surface area (Å²) < 4.78 is 0. The average molecular weight is 240 g/mol. The van der Waals surface area contributed by atoms with Gasteiger partial charge in [-0.3, -0.25) is 0 Å². The first-order valence-corrected chi connectivity index (χ1v) is 7.38. The van der Waals surface area contributed by atoms with Crippen molar-refractivity contribution in [2.24, 2.45) is 5.92 Å². The van der Waals surface area contributed by atoms with Gasteiger partial charge in [-0.1, -0.05) is 33.1 Å². The second-order valence-electron chi connectivity index (χ2n) is 4.41. The maximum atomic E-state index is 4.28. The quantitative estimate of drug-likeness (QED) is 0.709. The molecule has 0 aliphatic heterocycles. The molecule has 3 heteroatoms. The van der Waals surface area contributed by atoms with E-state index in [-0.39, 0.29) is 0 Å². The highest BCUT2D eigenvalue weighted by molar-refractivity contribution is 7.07. The maximum absolute atomic E-state index is 4.28. The van der Waals surface area contributed by atoms with E-state index in [0.717, 1.165) is 19.0 Å². The number of nitrogens with zero attached hydrogens (tertiary/aromatic N) is 1. The fourth-order valence-electron chi connectivity index (χ4n) is 1.98. The minimum absolute atomic E-state index is 0.851. The van der Waals surface area contributed by atoms with Crippen LogP contribution >= 0.6 is 11.3 Å². The molecule has 0 saturated heterocycles. The lowest BCUT2D eigenvalue weighted by Gasteiger charge is -2.16. The van der Waals surface area contributed by atoms with E-state index in [4.69, 9.17) is 0 Å². The van der Waals surface area contributed by atoms with Crippen molar-refractivity contribution in [3.8, 4) is 0 Å². The van der Waals surface area contributed by atoms with Gasteiger partial charge in [-0.25, -0.2) is 4.98 Å². The normalized spacial score (nSPS) is 12.9. The molecule has 0 radical (unpaired) electrons. The first-order valence-electron chi connectivity index (χ1n) is 6.44. The second-order valence-corrected chi connectivity index (χ2v) is 5.13. The Morgan fingerprint density at radius 2 is 2.19 bits per heavy atom. The van der Waals surface area contributed by atoms with E-state index in [9.17, 15) is 0 Å². The van der Waals surface area contributed by atoms with Crippen LogP contribution in [0.15, 0.2) is 10.9 Å². The fourth-order valence-corrected chi connectivity index (χ4v) is 2.54. The van der Waals surface area contributed by atoms with Gasteiger partial charge in [0.05, 0.1) is 11.2 Å². The minimum Gasteiger partial charge on any atom is -0.311 e. The Hall–Kier alpha value is -0.410. The van der Waals surface area contributed by atoms with E-state index in [0.29, 0.717) is 0 Å². The number of nitrogens with one attached hydrogen (secondary N) is 1. The molecule has 0 aromatic carbocycles. The van der Waals surface area contributed by atoms with Crippen LogP contribution in [0.25, 0.3) is 0 Å². The summed E-state index contributed by atoms with van der Waals surface area (Å²) in [6.45, 7) is 6.62. The van der Waals surface area contributed by atoms with Gasteiger partial charge >= 0.3 is 0 Å². The summed E-state index contributed by atoms with van der Waals surface area (Å²) in [5.74, 6) is 0.851. The summed E-state index contributed by atoms with van der Waals surface area (Å²) in [7, 11) is 0. The molecule has 1 atom stereocenters. The molecule has 1 aromatic rings. The van der Waals surface area contributed by atoms with Crippen LogP contribution < -0.4 is 5.32 Å². The molecular weight excluding hydrogens is 216 g/mol. The van der Waals surface area contributed by atoms with E-state index in [1.165, 1.54) is 37.8 Å². The topological polar surface area (TPSA) is 24.9 Å². The lowest BCUT2D eigenvalue weighted by Crippen LogP contribution is -2.22. The molecule has 0 fully saturated rings. The van der Waals surface area contributed by atoms with Crippen molar-refractivity contribution in [1.29, 1.82) is 0 Å². The monoisotopic (exact) mass is 240 g/mol. The summed E-state index contributed by atoms with van der Waals surface area (Å²) >= 11 is 1.67. The van der Waals surface area contributed by atoms with E-state index in [2.05, 4.69) is 29.5 Å². The van der Waals surface area contributed by atoms with E-state index in [1.807, 2.05) is 5.51 Å². The van der Waals surface area contributed by atoms with Crippen LogP contribution in [0.5, 0.6) is 0 Å². The molecule has 1 aromatic heterocycles. The predicted octanol–water partition coefficient (Wildman–Crippen LogP) is 3.84. The van der Waals surface area contributed by atoms with Crippen LogP contribution in [0.3, 0.4) is 0 Å². The zero-order valence-electron chi connectivity index (χ0n) is 10.5. The van der Waals surface area contributed by atoms with Crippen molar-refractivity contribution in [2.45, 2.75) is 52.5 Å². The van der Waals surface area contributed by atoms with Gasteiger partial charge < -0.3 is 5.32 Å². The molecule has 1 heterocycles. The molecule has 0 aliphatic carbocycles. The smallest absolute Gasteiger partial charge is 0.0795 e. The number of rotatable bonds is 9. The van der Waals surface area contributed by atoms with Crippen molar-refractivity contribution in [1.82, 2.24) is 10.3 Å². The van der Waals surface area contributed by atoms with Crippen LogP contribution in [-0.2, 0) is 6.54 Å². The lowest BCUT2D eigenvalue weighted by molar-refractivity contribution is 0.400. The highest BCUT2D eigenvalue weighted by atomic mass is 32.1. The third kappa shape index (κ3) is 5.61. The highest BCUT2D eigenvalue weighted by Gasteiger charge is 2.06. The van der Waals surface area contributed by atoms with Crippen LogP contribution in [0.4, 0.5) is 0 Å². The Bertz CT molecular complexity index is 246. The molecule has 16 heavy (non-hydrogen) atoms. The van der Waals surface area contributed by atoms with E-state index in [1.54, 1.807) is 11.3 Å². The molecule has 2 nitrogen and oxygen atoms in total. The number of unbranched alkanes of at least 4 members (excludes halogenated alkanes) is 1. The Morgan fingerprint density at radius 3 is 2.81 bits per heavy atom. The third-order valence-corrected chi connectivity index (χ3v) is 3.52. The van der Waals surface area contributed by atoms with Gasteiger partial charge in [0.1, 0.15) is 0 Å². The molecule has 1 rings (SSSR count). The molecular formula is C13H24N2S. The van der Waals surface area contributed by atoms with Crippen molar-refractivity contribution in [3.63, 3.8) is 0 Å². The second kappa shape index (κ2) is 8.71. The van der Waals surface area contributed by atoms with Crippen LogP contribution in [0.1, 0.15) is 51.6 Å². The predicted molar refractivity (Wildman–Crippen MR) is 71.7 cm³/mol. The van der Waals surface area contributed by atoms with E-state index < -0.39 is 0 Å². The van der Waals surface area contributed by atoms with Gasteiger partial charge in [-0.15, -0.1) is 11.3 Å². The van der Waals surface area contributed by atoms with Crippen molar-refractivity contribution in [3.05, 3.63) is 16.6 Å². The van der Waals surface area contributed by atoms with Crippen molar-refractivity contribution < 1.29 is 0 Å². The third-order valence-electron chi connectivity index (χ3n) is 2.89. The largest absolute Gasteiger partial charge is 0.311 e. The Morgan fingerprint density at radius 1 is 1.31 bits per heavy atom. The zero-order valence-corrected chi connectivity index (χ0v) is 11.4. The number of thiazole rings is 1. The van der Waals surface area contributed by atoms with Gasteiger partial charge in [0.2, 0.25) is 0 Å². The lowest BCUT2D eigenvalue weighted by atomic mass is 9.97. The summed E-state index contributed by atoms with van der Waals surface area (Å²) in [5.41, 5.74) is 3.08. The Labute approximate surface area is 103 Å². The van der Waals surface area contributed by atoms with Gasteiger partial charge in [0.15, 0.2) is 0 Å². The Balaban J connectivity index is 2.15. The molecule has 0 saturated carbocycles. The molecule has 0 amide bonds. The van der Waals surface area contributed by atoms with Crippen LogP contribution in [0, 0.1) is 5.92 Å². The SMILES string of the molecule is CCCCC(CCC)CNCc1cscn1. The minimum atomic E-state index is 0.851. The summed E-state index contributed by atoms with van der Waals surface area (Å²) in [6.07, 6.45) is 6.70. The molecule has 1 unspecified atom stereocenters. The first-order chi connectivity index (χ1) is 7.86. The fraction of sp³-hybridized carbons (Fsp3) is 0.769. The average Bonchev–Trinajstić information content (AvgIpc) is 2.79. The number of hydrogen-bond donors (Lipinski definition) is 1. The van der Waals surface area contributed by atoms with Gasteiger partial charge in [-0.05, 0) is 25.3 Å². The molecule has 0 spiro atoms. The van der Waals surface area contributed by atoms with Crippen molar-refractivity contribution >= 4 is 11.3 Å². The highest BCUT2D eigenvalue weighted by Crippen LogP contribution is 2.14. The summed E-state index contributed by atoms with van der Waals surface area (Å²) in [6, 6.07) is 0. The molecule has 0 bridgehead atoms. The van der Waals surface area contributed by atoms with Gasteiger partial charge in [-0.2, -0.15) is 0 Å². The van der Waals surface area contributed by atoms with Crippen molar-refractivity contribution in [2.75, 3.05) is 6.54 Å². The van der Waals surface area contributed by atoms with Gasteiger partial charge in [0, 0.05) is 11.9 Å². The first kappa shape index (κ1) is 13.7. The van der Waals surface area contributed by atoms with E-state index >= 15 is 0 Å². The molecule has 92 valence electrons. The maximum Gasteiger partial charge on any atom is 0.0795 e. The summed E-state index contributed by atoms with van der Waals surface area (Å²) in [4.78, 5) is 4.28. The number of hydrogen-bond acceptors (Lipinski definition) is 3.